The summed E-state index contributed by atoms with van der Waals surface area (Å²) < 4.78 is 6.92. The molecular weight excluding hydrogens is 422 g/mol. The molecule has 160 valence electrons. The minimum Gasteiger partial charge on any atom is -0.394 e. The van der Waals surface area contributed by atoms with Crippen LogP contribution in [0.15, 0.2) is 12.7 Å². The Balaban J connectivity index is 0.00000320. The second-order valence-corrected chi connectivity index (χ2v) is 7.09. The third-order valence-electron chi connectivity index (χ3n) is 5.26. The van der Waals surface area contributed by atoms with Crippen molar-refractivity contribution in [2.75, 3.05) is 12.3 Å². The predicted octanol–water partition coefficient (Wildman–Crippen LogP) is -1.10. The van der Waals surface area contributed by atoms with E-state index in [1.165, 1.54) is 6.33 Å². The summed E-state index contributed by atoms with van der Waals surface area (Å²) in [5.41, 5.74) is 1.01. The van der Waals surface area contributed by atoms with Crippen LogP contribution in [0.1, 0.15) is 39.5 Å². The summed E-state index contributed by atoms with van der Waals surface area (Å²) in [6, 6.07) is 0. The number of fused-ring (bicyclic) bond motifs is 1. The van der Waals surface area contributed by atoms with Crippen molar-refractivity contribution in [1.82, 2.24) is 19.5 Å². The zero-order valence-electron chi connectivity index (χ0n) is 17.0. The zero-order valence-corrected chi connectivity index (χ0v) is 19.2. The molecule has 30 heavy (non-hydrogen) atoms. The predicted molar refractivity (Wildman–Crippen MR) is 106 cm³/mol. The van der Waals surface area contributed by atoms with E-state index < -0.39 is 41.7 Å². The van der Waals surface area contributed by atoms with Gasteiger partial charge in [0.2, 0.25) is 11.3 Å². The molecule has 1 aliphatic heterocycles. The van der Waals surface area contributed by atoms with Gasteiger partial charge < -0.3 is 25.8 Å². The Morgan fingerprint density at radius 2 is 1.83 bits per heavy atom. The number of anilines is 1. The number of aliphatic hydroxyl groups is 3. The van der Waals surface area contributed by atoms with Gasteiger partial charge in [-0.15, -0.1) is 0 Å². The van der Waals surface area contributed by atoms with Gasteiger partial charge in [0.05, 0.1) is 6.61 Å². The topological polar surface area (TPSA) is 174 Å². The molecule has 11 nitrogen and oxygen atoms in total. The third-order valence-corrected chi connectivity index (χ3v) is 5.26. The van der Waals surface area contributed by atoms with Crippen molar-refractivity contribution in [1.29, 1.82) is 0 Å². The SMILES string of the molecule is CCCC(=O)[C@@]1(O)[C@H](O)[C@@H](CO)O[C@@]1(C(=O)CCC)n1cnc2c(N)ncnc21.[Ca]. The molecule has 4 atom stereocenters. The average Bonchev–Trinajstić information content (AvgIpc) is 3.23. The molecule has 12 heteroatoms. The Labute approximate surface area is 202 Å². The molecule has 2 aromatic rings. The summed E-state index contributed by atoms with van der Waals surface area (Å²) in [4.78, 5) is 38.5. The van der Waals surface area contributed by atoms with E-state index in [0.29, 0.717) is 12.8 Å². The van der Waals surface area contributed by atoms with Gasteiger partial charge in [0, 0.05) is 50.6 Å². The molecular formula is C18H25CaN5O6. The fourth-order valence-electron chi connectivity index (χ4n) is 3.88. The van der Waals surface area contributed by atoms with Crippen LogP contribution in [0.4, 0.5) is 5.82 Å². The van der Waals surface area contributed by atoms with Crippen LogP contribution < -0.4 is 5.73 Å². The summed E-state index contributed by atoms with van der Waals surface area (Å²) in [5, 5.41) is 32.1. The van der Waals surface area contributed by atoms with E-state index >= 15 is 0 Å². The maximum absolute atomic E-state index is 13.4. The Kier molecular flexibility index (Phi) is 7.94. The van der Waals surface area contributed by atoms with Gasteiger partial charge in [-0.2, -0.15) is 0 Å². The van der Waals surface area contributed by atoms with Gasteiger partial charge in [0.25, 0.3) is 0 Å². The van der Waals surface area contributed by atoms with Crippen LogP contribution in [0.5, 0.6) is 0 Å². The molecule has 0 aromatic carbocycles. The first-order chi connectivity index (χ1) is 13.8. The summed E-state index contributed by atoms with van der Waals surface area (Å²) in [6.07, 6.45) is -0.314. The second-order valence-electron chi connectivity index (χ2n) is 7.09. The number of carbonyl (C=O) groups excluding carboxylic acids is 2. The minimum absolute atomic E-state index is 0. The van der Waals surface area contributed by atoms with Crippen molar-refractivity contribution < 1.29 is 29.6 Å². The average molecular weight is 448 g/mol. The van der Waals surface area contributed by atoms with E-state index in [1.807, 2.05) is 0 Å². The normalized spacial score (nSPS) is 28.4. The van der Waals surface area contributed by atoms with Crippen molar-refractivity contribution >= 4 is 66.3 Å². The number of Topliss-reactive ketones (excluding diaryl/α,β-unsaturated/α-hetero) is 2. The number of nitrogens with zero attached hydrogens (tertiary/aromatic N) is 4. The molecule has 5 N–H and O–H groups in total. The van der Waals surface area contributed by atoms with Crippen molar-refractivity contribution in [2.45, 2.75) is 63.1 Å². The van der Waals surface area contributed by atoms with E-state index in [4.69, 9.17) is 10.5 Å². The molecule has 0 bridgehead atoms. The number of hydrogen-bond acceptors (Lipinski definition) is 10. The van der Waals surface area contributed by atoms with Crippen LogP contribution in [-0.4, -0.2) is 109 Å². The number of nitrogen functional groups attached to an aromatic ring is 1. The van der Waals surface area contributed by atoms with E-state index in [2.05, 4.69) is 15.0 Å². The molecule has 0 aliphatic carbocycles. The number of hydrogen-bond donors (Lipinski definition) is 4. The third kappa shape index (κ3) is 3.46. The molecule has 0 spiro atoms. The van der Waals surface area contributed by atoms with Crippen LogP contribution in [0, 0.1) is 0 Å². The smallest absolute Gasteiger partial charge is 0.247 e. The Morgan fingerprint density at radius 3 is 2.43 bits per heavy atom. The number of imidazole rings is 1. The first-order valence-electron chi connectivity index (χ1n) is 9.49. The summed E-state index contributed by atoms with van der Waals surface area (Å²) in [5.74, 6) is -1.40. The maximum Gasteiger partial charge on any atom is 0.247 e. The molecule has 1 aliphatic rings. The number of aliphatic hydroxyl groups excluding tert-OH is 2. The molecule has 1 fully saturated rings. The van der Waals surface area contributed by atoms with Gasteiger partial charge in [-0.05, 0) is 12.8 Å². The van der Waals surface area contributed by atoms with Gasteiger partial charge in [0.15, 0.2) is 23.0 Å². The summed E-state index contributed by atoms with van der Waals surface area (Å²) >= 11 is 0. The quantitative estimate of drug-likeness (QED) is 0.364. The number of ether oxygens (including phenoxy) is 1. The Morgan fingerprint density at radius 1 is 1.20 bits per heavy atom. The molecule has 0 amide bonds. The van der Waals surface area contributed by atoms with Gasteiger partial charge >= 0.3 is 0 Å². The van der Waals surface area contributed by atoms with Crippen molar-refractivity contribution in [2.24, 2.45) is 0 Å². The summed E-state index contributed by atoms with van der Waals surface area (Å²) in [6.45, 7) is 2.76. The van der Waals surface area contributed by atoms with Gasteiger partial charge in [-0.3, -0.25) is 14.2 Å². The molecule has 3 rings (SSSR count). The van der Waals surface area contributed by atoms with Gasteiger partial charge in [-0.1, -0.05) is 13.8 Å². The van der Waals surface area contributed by atoms with Crippen LogP contribution >= 0.6 is 0 Å². The largest absolute Gasteiger partial charge is 0.394 e. The fourth-order valence-corrected chi connectivity index (χ4v) is 3.88. The molecule has 0 unspecified atom stereocenters. The van der Waals surface area contributed by atoms with E-state index in [0.717, 1.165) is 10.9 Å². The van der Waals surface area contributed by atoms with Crippen LogP contribution in [0.25, 0.3) is 11.2 Å². The van der Waals surface area contributed by atoms with Gasteiger partial charge in [0.1, 0.15) is 30.4 Å². The number of nitrogens with two attached hydrogens (primary N) is 1. The van der Waals surface area contributed by atoms with E-state index in [9.17, 15) is 24.9 Å². The monoisotopic (exact) mass is 447 g/mol. The van der Waals surface area contributed by atoms with Crippen LogP contribution in [0.3, 0.4) is 0 Å². The van der Waals surface area contributed by atoms with Crippen molar-refractivity contribution in [3.05, 3.63) is 12.7 Å². The van der Waals surface area contributed by atoms with Crippen molar-refractivity contribution in [3.8, 4) is 0 Å². The number of aromatic nitrogens is 4. The molecule has 3 heterocycles. The summed E-state index contributed by atoms with van der Waals surface area (Å²) in [7, 11) is 0. The fraction of sp³-hybridized carbons (Fsp3) is 0.611. The first kappa shape index (κ1) is 25.1. The van der Waals surface area contributed by atoms with E-state index in [1.54, 1.807) is 13.8 Å². The van der Waals surface area contributed by atoms with E-state index in [-0.39, 0.29) is 67.6 Å². The van der Waals surface area contributed by atoms with Crippen molar-refractivity contribution in [3.63, 3.8) is 0 Å². The standard InChI is InChI=1S/C18H25N5O6.Ca/c1-3-5-11(25)17(28)14(27)10(7-24)29-18(17,12(26)6-4-2)23-9-22-13-15(19)20-8-21-16(13)23;/h8-10,14,24,27-28H,3-7H2,1-2H3,(H2,19,20,21);/t10-,14-,17-,18-;/m1./s1. The Hall–Kier alpha value is -1.21. The van der Waals surface area contributed by atoms with Crippen LogP contribution in [-0.2, 0) is 20.1 Å². The molecule has 2 aromatic heterocycles. The molecule has 1 saturated heterocycles. The van der Waals surface area contributed by atoms with Gasteiger partial charge in [-0.25, -0.2) is 15.0 Å². The maximum atomic E-state index is 13.4. The molecule has 2 radical (unpaired) electrons. The molecule has 0 saturated carbocycles. The number of ketones is 2. The Bertz CT molecular complexity index is 939. The van der Waals surface area contributed by atoms with Crippen LogP contribution in [0.2, 0.25) is 0 Å². The number of carbonyl (C=O) groups is 2. The minimum atomic E-state index is -2.66. The number of rotatable bonds is 8. The first-order valence-corrected chi connectivity index (χ1v) is 9.49. The zero-order chi connectivity index (χ0) is 21.4. The second kappa shape index (κ2) is 9.51.